The largest absolute Gasteiger partial charge is 0.472 e. The van der Waals surface area contributed by atoms with Gasteiger partial charge in [0.25, 0.3) is 0 Å². The standard InChI is InChI=1S/C16H19NO/c17-15(13-8-11-18-12-13)16(9-4-5-10-16)14-6-2-1-3-7-14/h1-3,6-8,11-12,15H,4-5,9-10,17H2. The number of furan rings is 1. The van der Waals surface area contributed by atoms with E-state index in [9.17, 15) is 0 Å². The Morgan fingerprint density at radius 3 is 2.39 bits per heavy atom. The van der Waals surface area contributed by atoms with Gasteiger partial charge in [0, 0.05) is 17.0 Å². The Kier molecular flexibility index (Phi) is 2.96. The molecule has 0 aliphatic heterocycles. The zero-order valence-electron chi connectivity index (χ0n) is 10.5. The lowest BCUT2D eigenvalue weighted by Crippen LogP contribution is -2.36. The van der Waals surface area contributed by atoms with Crippen LogP contribution in [-0.2, 0) is 5.41 Å². The Labute approximate surface area is 108 Å². The maximum absolute atomic E-state index is 6.55. The summed E-state index contributed by atoms with van der Waals surface area (Å²) in [5.41, 5.74) is 9.12. The zero-order chi connectivity index (χ0) is 12.4. The highest BCUT2D eigenvalue weighted by molar-refractivity contribution is 5.32. The molecule has 1 atom stereocenters. The molecule has 1 aromatic carbocycles. The van der Waals surface area contributed by atoms with E-state index < -0.39 is 0 Å². The first-order chi connectivity index (χ1) is 8.83. The van der Waals surface area contributed by atoms with Gasteiger partial charge in [-0.3, -0.25) is 0 Å². The number of benzene rings is 1. The summed E-state index contributed by atoms with van der Waals surface area (Å²) in [5.74, 6) is 0. The normalized spacial score (nSPS) is 19.8. The van der Waals surface area contributed by atoms with E-state index in [1.807, 2.05) is 6.07 Å². The van der Waals surface area contributed by atoms with Gasteiger partial charge in [-0.25, -0.2) is 0 Å². The molecule has 1 unspecified atom stereocenters. The smallest absolute Gasteiger partial charge is 0.0950 e. The summed E-state index contributed by atoms with van der Waals surface area (Å²) < 4.78 is 5.20. The molecule has 0 amide bonds. The Hall–Kier alpha value is -1.54. The van der Waals surface area contributed by atoms with Gasteiger partial charge in [-0.2, -0.15) is 0 Å². The van der Waals surface area contributed by atoms with Crippen LogP contribution in [0.1, 0.15) is 42.9 Å². The average Bonchev–Trinajstić information content (AvgIpc) is 3.11. The third-order valence-corrected chi connectivity index (χ3v) is 4.34. The van der Waals surface area contributed by atoms with E-state index in [-0.39, 0.29) is 11.5 Å². The summed E-state index contributed by atoms with van der Waals surface area (Å²) in [6.07, 6.45) is 8.37. The predicted molar refractivity (Wildman–Crippen MR) is 72.2 cm³/mol. The minimum atomic E-state index is 0.0288. The molecule has 2 N–H and O–H groups in total. The molecule has 0 spiro atoms. The third-order valence-electron chi connectivity index (χ3n) is 4.34. The molecule has 1 heterocycles. The minimum Gasteiger partial charge on any atom is -0.472 e. The first kappa shape index (κ1) is 11.5. The predicted octanol–water partition coefficient (Wildman–Crippen LogP) is 3.79. The summed E-state index contributed by atoms with van der Waals surface area (Å²) in [7, 11) is 0. The first-order valence-corrected chi connectivity index (χ1v) is 6.66. The van der Waals surface area contributed by atoms with Crippen molar-refractivity contribution in [3.63, 3.8) is 0 Å². The molecule has 2 heteroatoms. The zero-order valence-corrected chi connectivity index (χ0v) is 10.5. The van der Waals surface area contributed by atoms with E-state index in [0.717, 1.165) is 5.56 Å². The van der Waals surface area contributed by atoms with Gasteiger partial charge in [0.1, 0.15) is 0 Å². The molecule has 3 rings (SSSR count). The molecular weight excluding hydrogens is 222 g/mol. The lowest BCUT2D eigenvalue weighted by molar-refractivity contribution is 0.354. The Morgan fingerprint density at radius 1 is 1.06 bits per heavy atom. The lowest BCUT2D eigenvalue weighted by Gasteiger charge is -2.35. The molecule has 1 aromatic heterocycles. The molecule has 1 fully saturated rings. The highest BCUT2D eigenvalue weighted by Crippen LogP contribution is 2.48. The average molecular weight is 241 g/mol. The van der Waals surface area contributed by atoms with Crippen molar-refractivity contribution in [3.05, 3.63) is 60.1 Å². The van der Waals surface area contributed by atoms with Crippen LogP contribution >= 0.6 is 0 Å². The molecular formula is C16H19NO. The van der Waals surface area contributed by atoms with Gasteiger partial charge in [-0.1, -0.05) is 43.2 Å². The van der Waals surface area contributed by atoms with Gasteiger partial charge in [-0.15, -0.1) is 0 Å². The molecule has 0 saturated heterocycles. The lowest BCUT2D eigenvalue weighted by atomic mass is 9.71. The minimum absolute atomic E-state index is 0.0288. The molecule has 1 aliphatic rings. The fourth-order valence-electron chi connectivity index (χ4n) is 3.33. The van der Waals surface area contributed by atoms with Gasteiger partial charge in [-0.05, 0) is 24.5 Å². The van der Waals surface area contributed by atoms with Crippen LogP contribution in [0.15, 0.2) is 53.3 Å². The van der Waals surface area contributed by atoms with Gasteiger partial charge in [0.15, 0.2) is 0 Å². The number of nitrogens with two attached hydrogens (primary N) is 1. The summed E-state index contributed by atoms with van der Waals surface area (Å²) >= 11 is 0. The fraction of sp³-hybridized carbons (Fsp3) is 0.375. The molecule has 2 nitrogen and oxygen atoms in total. The maximum Gasteiger partial charge on any atom is 0.0950 e. The number of rotatable bonds is 3. The summed E-state index contributed by atoms with van der Waals surface area (Å²) in [4.78, 5) is 0. The summed E-state index contributed by atoms with van der Waals surface area (Å²) in [6, 6.07) is 12.7. The van der Waals surface area contributed by atoms with E-state index in [2.05, 4.69) is 30.3 Å². The van der Waals surface area contributed by atoms with E-state index >= 15 is 0 Å². The number of hydrogen-bond donors (Lipinski definition) is 1. The van der Waals surface area contributed by atoms with E-state index in [4.69, 9.17) is 10.2 Å². The molecule has 18 heavy (non-hydrogen) atoms. The molecule has 94 valence electrons. The highest BCUT2D eigenvalue weighted by atomic mass is 16.3. The van der Waals surface area contributed by atoms with E-state index in [1.54, 1.807) is 12.5 Å². The van der Waals surface area contributed by atoms with Crippen LogP contribution in [0.25, 0.3) is 0 Å². The van der Waals surface area contributed by atoms with Crippen LogP contribution in [0.4, 0.5) is 0 Å². The molecule has 1 aliphatic carbocycles. The Bertz CT molecular complexity index is 483. The first-order valence-electron chi connectivity index (χ1n) is 6.66. The van der Waals surface area contributed by atoms with Gasteiger partial charge in [0.05, 0.1) is 12.5 Å². The second-order valence-electron chi connectivity index (χ2n) is 5.26. The van der Waals surface area contributed by atoms with Crippen molar-refractivity contribution >= 4 is 0 Å². The highest BCUT2D eigenvalue weighted by Gasteiger charge is 2.41. The van der Waals surface area contributed by atoms with E-state index in [0.29, 0.717) is 0 Å². The van der Waals surface area contributed by atoms with Crippen LogP contribution in [0.3, 0.4) is 0 Å². The van der Waals surface area contributed by atoms with Crippen LogP contribution in [-0.4, -0.2) is 0 Å². The monoisotopic (exact) mass is 241 g/mol. The number of hydrogen-bond acceptors (Lipinski definition) is 2. The van der Waals surface area contributed by atoms with Crippen molar-refractivity contribution in [1.82, 2.24) is 0 Å². The van der Waals surface area contributed by atoms with Gasteiger partial charge in [0.2, 0.25) is 0 Å². The van der Waals surface area contributed by atoms with Gasteiger partial charge < -0.3 is 10.2 Å². The third kappa shape index (κ3) is 1.77. The van der Waals surface area contributed by atoms with Gasteiger partial charge >= 0.3 is 0 Å². The van der Waals surface area contributed by atoms with Crippen molar-refractivity contribution in [1.29, 1.82) is 0 Å². The second kappa shape index (κ2) is 4.62. The Balaban J connectivity index is 2.02. The van der Waals surface area contributed by atoms with Crippen LogP contribution in [0, 0.1) is 0 Å². The Morgan fingerprint density at radius 2 is 1.78 bits per heavy atom. The molecule has 0 bridgehead atoms. The van der Waals surface area contributed by atoms with E-state index in [1.165, 1.54) is 31.2 Å². The van der Waals surface area contributed by atoms with Crippen LogP contribution < -0.4 is 5.73 Å². The van der Waals surface area contributed by atoms with Crippen molar-refractivity contribution in [3.8, 4) is 0 Å². The van der Waals surface area contributed by atoms with Crippen LogP contribution in [0.2, 0.25) is 0 Å². The quantitative estimate of drug-likeness (QED) is 0.888. The summed E-state index contributed by atoms with van der Waals surface area (Å²) in [5, 5.41) is 0. The molecule has 2 aromatic rings. The molecule has 1 saturated carbocycles. The van der Waals surface area contributed by atoms with Crippen LogP contribution in [0.5, 0.6) is 0 Å². The fourth-order valence-corrected chi connectivity index (χ4v) is 3.33. The van der Waals surface area contributed by atoms with Crippen molar-refractivity contribution < 1.29 is 4.42 Å². The second-order valence-corrected chi connectivity index (χ2v) is 5.26. The maximum atomic E-state index is 6.55. The van der Waals surface area contributed by atoms with Crippen molar-refractivity contribution in [2.75, 3.05) is 0 Å². The SMILES string of the molecule is NC(c1ccoc1)C1(c2ccccc2)CCCC1. The summed E-state index contributed by atoms with van der Waals surface area (Å²) in [6.45, 7) is 0. The molecule has 0 radical (unpaired) electrons. The van der Waals surface area contributed by atoms with Crippen molar-refractivity contribution in [2.45, 2.75) is 37.1 Å². The topological polar surface area (TPSA) is 39.2 Å². The van der Waals surface area contributed by atoms with Crippen molar-refractivity contribution in [2.24, 2.45) is 5.73 Å².